The maximum Gasteiger partial charge on any atom is 0.236 e. The molecule has 0 saturated carbocycles. The molecule has 1 fully saturated rings. The third-order valence-corrected chi connectivity index (χ3v) is 7.65. The maximum atomic E-state index is 13.5. The molecule has 1 saturated heterocycles. The number of oxazole rings is 1. The average molecular weight is 488 g/mol. The van der Waals surface area contributed by atoms with Crippen LogP contribution in [-0.2, 0) is 14.6 Å². The van der Waals surface area contributed by atoms with Crippen LogP contribution in [0.2, 0.25) is 5.02 Å². The number of benzene rings is 2. The van der Waals surface area contributed by atoms with Gasteiger partial charge < -0.3 is 14.2 Å². The molecule has 0 aliphatic carbocycles. The van der Waals surface area contributed by atoms with Crippen molar-refractivity contribution in [2.75, 3.05) is 31.1 Å². The van der Waals surface area contributed by atoms with Gasteiger partial charge >= 0.3 is 0 Å². The van der Waals surface area contributed by atoms with Gasteiger partial charge in [-0.3, -0.25) is 4.79 Å². The number of nitrogens with zero attached hydrogens (tertiary/aromatic N) is 3. The highest BCUT2D eigenvalue weighted by Gasteiger charge is 2.33. The number of aromatic nitrogens is 1. The van der Waals surface area contributed by atoms with Crippen LogP contribution in [0.5, 0.6) is 0 Å². The van der Waals surface area contributed by atoms with E-state index in [0.717, 1.165) is 12.0 Å². The predicted molar refractivity (Wildman–Crippen MR) is 127 cm³/mol. The Morgan fingerprint density at radius 2 is 1.73 bits per heavy atom. The number of carbonyl (C=O) groups excluding carboxylic acids is 1. The summed E-state index contributed by atoms with van der Waals surface area (Å²) in [6.07, 6.45) is 1.30. The van der Waals surface area contributed by atoms with Crippen LogP contribution >= 0.6 is 11.6 Å². The van der Waals surface area contributed by atoms with Gasteiger partial charge in [-0.25, -0.2) is 8.42 Å². The fourth-order valence-electron chi connectivity index (χ4n) is 3.78. The summed E-state index contributed by atoms with van der Waals surface area (Å²) in [5, 5.41) is 0.272. The molecule has 2 aromatic carbocycles. The zero-order valence-electron chi connectivity index (χ0n) is 18.6. The van der Waals surface area contributed by atoms with Crippen LogP contribution in [0.3, 0.4) is 0 Å². The number of amides is 1. The summed E-state index contributed by atoms with van der Waals surface area (Å²) in [5.41, 5.74) is 1.47. The minimum Gasteiger partial charge on any atom is -0.419 e. The molecule has 0 spiro atoms. The Labute approximate surface area is 198 Å². The molecule has 1 aliphatic heterocycles. The zero-order chi connectivity index (χ0) is 23.6. The molecule has 0 bridgehead atoms. The molecule has 0 radical (unpaired) electrons. The molecule has 174 valence electrons. The zero-order valence-corrected chi connectivity index (χ0v) is 20.2. The number of carbonyl (C=O) groups is 1. The Balaban J connectivity index is 1.74. The van der Waals surface area contributed by atoms with Crippen LogP contribution in [0.25, 0.3) is 11.5 Å². The van der Waals surface area contributed by atoms with Crippen molar-refractivity contribution >= 4 is 33.2 Å². The lowest BCUT2D eigenvalue weighted by molar-refractivity contribution is -0.131. The second kappa shape index (κ2) is 9.57. The fourth-order valence-corrected chi connectivity index (χ4v) is 5.32. The highest BCUT2D eigenvalue weighted by Crippen LogP contribution is 2.37. The minimum atomic E-state index is -3.94. The molecule has 33 heavy (non-hydrogen) atoms. The summed E-state index contributed by atoms with van der Waals surface area (Å²) in [7, 11) is -3.94. The summed E-state index contributed by atoms with van der Waals surface area (Å²) < 4.78 is 33.1. The lowest BCUT2D eigenvalue weighted by Gasteiger charge is -2.34. The summed E-state index contributed by atoms with van der Waals surface area (Å²) in [5.74, 6) is 0.429. The number of hydrogen-bond donors (Lipinski definition) is 0. The second-order valence-corrected chi connectivity index (χ2v) is 10.3. The van der Waals surface area contributed by atoms with Gasteiger partial charge in [0.1, 0.15) is 0 Å². The van der Waals surface area contributed by atoms with Crippen molar-refractivity contribution in [3.8, 4) is 11.5 Å². The lowest BCUT2D eigenvalue weighted by atomic mass is 10.2. The number of piperazine rings is 1. The predicted octanol–water partition coefficient (Wildman–Crippen LogP) is 4.58. The first kappa shape index (κ1) is 23.3. The third-order valence-electron chi connectivity index (χ3n) is 5.65. The second-order valence-electron chi connectivity index (χ2n) is 8.04. The van der Waals surface area contributed by atoms with E-state index in [4.69, 9.17) is 16.0 Å². The van der Waals surface area contributed by atoms with E-state index in [1.165, 1.54) is 0 Å². The first-order valence-corrected chi connectivity index (χ1v) is 12.8. The van der Waals surface area contributed by atoms with Crippen molar-refractivity contribution in [1.29, 1.82) is 0 Å². The SMILES string of the molecule is CCCC(=O)N1CCN(c2oc(-c3ccccc3Cl)nc2S(=O)(=O)c2ccc(C)cc2)CC1. The maximum absolute atomic E-state index is 13.5. The fraction of sp³-hybridized carbons (Fsp3) is 0.333. The minimum absolute atomic E-state index is 0.110. The number of hydrogen-bond acceptors (Lipinski definition) is 6. The van der Waals surface area contributed by atoms with E-state index >= 15 is 0 Å². The van der Waals surface area contributed by atoms with Crippen LogP contribution in [0, 0.1) is 6.92 Å². The number of rotatable bonds is 6. The molecule has 3 aromatic rings. The van der Waals surface area contributed by atoms with Crippen LogP contribution < -0.4 is 4.90 Å². The van der Waals surface area contributed by atoms with Gasteiger partial charge in [0, 0.05) is 32.6 Å². The number of sulfone groups is 1. The first-order valence-electron chi connectivity index (χ1n) is 10.9. The van der Waals surface area contributed by atoms with E-state index in [0.29, 0.717) is 43.2 Å². The van der Waals surface area contributed by atoms with Crippen molar-refractivity contribution in [1.82, 2.24) is 9.88 Å². The lowest BCUT2D eigenvalue weighted by Crippen LogP contribution is -2.48. The monoisotopic (exact) mass is 487 g/mol. The molecule has 0 atom stereocenters. The summed E-state index contributed by atoms with van der Waals surface area (Å²) >= 11 is 6.33. The van der Waals surface area contributed by atoms with Crippen molar-refractivity contribution < 1.29 is 17.6 Å². The third kappa shape index (κ3) is 4.77. The molecule has 2 heterocycles. The van der Waals surface area contributed by atoms with Gasteiger partial charge in [-0.2, -0.15) is 4.98 Å². The normalized spacial score (nSPS) is 14.5. The Morgan fingerprint density at radius 3 is 2.36 bits per heavy atom. The highest BCUT2D eigenvalue weighted by molar-refractivity contribution is 7.91. The summed E-state index contributed by atoms with van der Waals surface area (Å²) in [6, 6.07) is 13.6. The average Bonchev–Trinajstić information content (AvgIpc) is 3.26. The Bertz CT molecular complexity index is 1250. The molecule has 7 nitrogen and oxygen atoms in total. The topological polar surface area (TPSA) is 83.7 Å². The number of anilines is 1. The van der Waals surface area contributed by atoms with Crippen LogP contribution in [0.4, 0.5) is 5.88 Å². The van der Waals surface area contributed by atoms with Gasteiger partial charge in [0.25, 0.3) is 0 Å². The molecule has 4 rings (SSSR count). The van der Waals surface area contributed by atoms with Crippen LogP contribution in [-0.4, -0.2) is 50.4 Å². The van der Waals surface area contributed by atoms with E-state index in [-0.39, 0.29) is 27.6 Å². The molecule has 9 heteroatoms. The Hall–Kier alpha value is -2.84. The molecular weight excluding hydrogens is 462 g/mol. The summed E-state index contributed by atoms with van der Waals surface area (Å²) in [4.78, 5) is 20.5. The standard InChI is InChI=1S/C24H26ClN3O4S/c1-3-6-21(29)27-13-15-28(16-14-27)24-23(33(30,31)18-11-9-17(2)10-12-18)26-22(32-24)19-7-4-5-8-20(19)25/h4-5,7-12H,3,6,13-16H2,1-2H3. The van der Waals surface area contributed by atoms with Crippen molar-refractivity contribution in [2.45, 2.75) is 36.6 Å². The van der Waals surface area contributed by atoms with E-state index < -0.39 is 9.84 Å². The van der Waals surface area contributed by atoms with Crippen LogP contribution in [0.15, 0.2) is 62.9 Å². The van der Waals surface area contributed by atoms with Gasteiger partial charge in [0.05, 0.1) is 15.5 Å². The van der Waals surface area contributed by atoms with Gasteiger partial charge in [-0.1, -0.05) is 48.4 Å². The summed E-state index contributed by atoms with van der Waals surface area (Å²) in [6.45, 7) is 5.75. The van der Waals surface area contributed by atoms with Gasteiger partial charge in [-0.15, -0.1) is 0 Å². The number of aryl methyl sites for hydroxylation is 1. The van der Waals surface area contributed by atoms with Gasteiger partial charge in [0.2, 0.25) is 32.5 Å². The number of halogens is 1. The van der Waals surface area contributed by atoms with E-state index in [1.54, 1.807) is 53.4 Å². The molecule has 0 N–H and O–H groups in total. The smallest absolute Gasteiger partial charge is 0.236 e. The molecule has 1 aliphatic rings. The quantitative estimate of drug-likeness (QED) is 0.506. The van der Waals surface area contributed by atoms with Crippen molar-refractivity contribution in [2.24, 2.45) is 0 Å². The molecular formula is C24H26ClN3O4S. The largest absolute Gasteiger partial charge is 0.419 e. The van der Waals surface area contributed by atoms with E-state index in [9.17, 15) is 13.2 Å². The Kier molecular flexibility index (Phi) is 6.76. The Morgan fingerprint density at radius 1 is 1.06 bits per heavy atom. The van der Waals surface area contributed by atoms with Gasteiger partial charge in [-0.05, 0) is 37.6 Å². The molecule has 1 amide bonds. The van der Waals surface area contributed by atoms with E-state index in [1.807, 2.05) is 18.7 Å². The van der Waals surface area contributed by atoms with Crippen LogP contribution in [0.1, 0.15) is 25.3 Å². The van der Waals surface area contributed by atoms with Gasteiger partial charge in [0.15, 0.2) is 0 Å². The first-order chi connectivity index (χ1) is 15.8. The molecule has 0 unspecified atom stereocenters. The van der Waals surface area contributed by atoms with Crippen molar-refractivity contribution in [3.05, 3.63) is 59.1 Å². The van der Waals surface area contributed by atoms with E-state index in [2.05, 4.69) is 4.98 Å². The highest BCUT2D eigenvalue weighted by atomic mass is 35.5. The molecule has 1 aromatic heterocycles. The van der Waals surface area contributed by atoms with Crippen molar-refractivity contribution in [3.63, 3.8) is 0 Å².